The molecule has 19 heavy (non-hydrogen) atoms. The van der Waals surface area contributed by atoms with E-state index in [0.717, 1.165) is 29.3 Å². The van der Waals surface area contributed by atoms with Crippen LogP contribution in [0.2, 0.25) is 0 Å². The molecule has 0 aliphatic carbocycles. The number of nitrogens with zero attached hydrogens (tertiary/aromatic N) is 2. The van der Waals surface area contributed by atoms with Gasteiger partial charge in [0.25, 0.3) is 5.91 Å². The Kier molecular flexibility index (Phi) is 3.13. The lowest BCUT2D eigenvalue weighted by molar-refractivity contribution is -0.137. The summed E-state index contributed by atoms with van der Waals surface area (Å²) in [4.78, 5) is 22.7. The van der Waals surface area contributed by atoms with Gasteiger partial charge in [-0.3, -0.25) is 9.59 Å². The second kappa shape index (κ2) is 4.49. The van der Waals surface area contributed by atoms with E-state index >= 15 is 0 Å². The molecule has 0 spiro atoms. The van der Waals surface area contributed by atoms with Gasteiger partial charge in [-0.2, -0.15) is 18.3 Å². The van der Waals surface area contributed by atoms with E-state index in [4.69, 9.17) is 0 Å². The number of hydrogen-bond acceptors (Lipinski definition) is 3. The molecule has 0 fully saturated rings. The Morgan fingerprint density at radius 1 is 1.26 bits per heavy atom. The molecule has 1 aliphatic rings. The van der Waals surface area contributed by atoms with Gasteiger partial charge in [-0.1, -0.05) is 0 Å². The molecule has 1 aliphatic heterocycles. The van der Waals surface area contributed by atoms with Crippen LogP contribution in [0.4, 0.5) is 18.9 Å². The molecule has 0 saturated carbocycles. The predicted octanol–water partition coefficient (Wildman–Crippen LogP) is 2.39. The number of Topliss-reactive ketones (excluding diaryl/α,β-unsaturated/α-hetero) is 1. The Bertz CT molecular complexity index is 561. The summed E-state index contributed by atoms with van der Waals surface area (Å²) in [6, 6.07) is 4.02. The van der Waals surface area contributed by atoms with Gasteiger partial charge in [-0.05, 0) is 24.3 Å². The van der Waals surface area contributed by atoms with Crippen LogP contribution in [0.1, 0.15) is 18.9 Å². The van der Waals surface area contributed by atoms with Gasteiger partial charge in [0.05, 0.1) is 17.7 Å². The van der Waals surface area contributed by atoms with Gasteiger partial charge in [-0.25, -0.2) is 5.01 Å². The number of hydrazone groups is 1. The van der Waals surface area contributed by atoms with E-state index in [1.807, 2.05) is 0 Å². The second-order valence-corrected chi connectivity index (χ2v) is 4.03. The van der Waals surface area contributed by atoms with Crippen molar-refractivity contribution in [1.29, 1.82) is 0 Å². The van der Waals surface area contributed by atoms with E-state index in [1.54, 1.807) is 0 Å². The van der Waals surface area contributed by atoms with Crippen molar-refractivity contribution in [3.05, 3.63) is 29.8 Å². The van der Waals surface area contributed by atoms with Crippen molar-refractivity contribution in [1.82, 2.24) is 0 Å². The molecule has 1 aromatic rings. The lowest BCUT2D eigenvalue weighted by Gasteiger charge is -2.13. The third kappa shape index (κ3) is 2.64. The van der Waals surface area contributed by atoms with Crippen molar-refractivity contribution in [3.8, 4) is 0 Å². The van der Waals surface area contributed by atoms with Crippen LogP contribution in [0.15, 0.2) is 29.4 Å². The van der Waals surface area contributed by atoms with Crippen molar-refractivity contribution in [2.45, 2.75) is 19.5 Å². The van der Waals surface area contributed by atoms with Crippen molar-refractivity contribution in [2.24, 2.45) is 5.10 Å². The molecule has 7 heteroatoms. The van der Waals surface area contributed by atoms with Crippen LogP contribution in [0.25, 0.3) is 0 Å². The maximum absolute atomic E-state index is 12.4. The number of carbonyl (C=O) groups excluding carboxylic acids is 2. The SMILES string of the molecule is CC(=O)C1=NN(c2ccc(C(F)(F)F)cc2)C(=O)C1. The Labute approximate surface area is 106 Å². The Hall–Kier alpha value is -2.18. The number of halogens is 3. The first-order chi connectivity index (χ1) is 8.79. The molecule has 0 aromatic heterocycles. The lowest BCUT2D eigenvalue weighted by Crippen LogP contribution is -2.19. The average molecular weight is 270 g/mol. The zero-order valence-corrected chi connectivity index (χ0v) is 9.86. The molecule has 100 valence electrons. The van der Waals surface area contributed by atoms with Crippen LogP contribution in [0, 0.1) is 0 Å². The summed E-state index contributed by atoms with van der Waals surface area (Å²) in [5.74, 6) is -0.771. The molecule has 2 rings (SSSR count). The van der Waals surface area contributed by atoms with Gasteiger partial charge < -0.3 is 0 Å². The number of rotatable bonds is 2. The summed E-state index contributed by atoms with van der Waals surface area (Å²) in [5, 5.41) is 4.74. The number of benzene rings is 1. The quantitative estimate of drug-likeness (QED) is 0.828. The minimum Gasteiger partial charge on any atom is -0.293 e. The summed E-state index contributed by atoms with van der Waals surface area (Å²) in [6.07, 6.45) is -4.56. The third-order valence-electron chi connectivity index (χ3n) is 2.62. The van der Waals surface area contributed by atoms with Crippen molar-refractivity contribution >= 4 is 23.1 Å². The van der Waals surface area contributed by atoms with Crippen molar-refractivity contribution in [2.75, 3.05) is 5.01 Å². The monoisotopic (exact) mass is 270 g/mol. The highest BCUT2D eigenvalue weighted by molar-refractivity contribution is 6.44. The highest BCUT2D eigenvalue weighted by Crippen LogP contribution is 2.31. The first-order valence-electron chi connectivity index (χ1n) is 5.37. The topological polar surface area (TPSA) is 49.7 Å². The maximum Gasteiger partial charge on any atom is 0.416 e. The van der Waals surface area contributed by atoms with Crippen molar-refractivity contribution < 1.29 is 22.8 Å². The van der Waals surface area contributed by atoms with Crippen LogP contribution in [0.5, 0.6) is 0 Å². The summed E-state index contributed by atoms with van der Waals surface area (Å²) in [7, 11) is 0. The molecule has 0 bridgehead atoms. The summed E-state index contributed by atoms with van der Waals surface area (Å²) in [5.41, 5.74) is -0.502. The standard InChI is InChI=1S/C12H9F3N2O2/c1-7(18)10-6-11(19)17(16-10)9-4-2-8(3-5-9)12(13,14)15/h2-5H,6H2,1H3. The average Bonchev–Trinajstić information content (AvgIpc) is 2.70. The number of hydrogen-bond donors (Lipinski definition) is 0. The molecular formula is C12H9F3N2O2. The minimum absolute atomic E-state index is 0.102. The van der Waals surface area contributed by atoms with Crippen LogP contribution >= 0.6 is 0 Å². The molecule has 1 amide bonds. The van der Waals surface area contributed by atoms with Crippen LogP contribution in [-0.2, 0) is 15.8 Å². The molecule has 4 nitrogen and oxygen atoms in total. The van der Waals surface area contributed by atoms with Gasteiger partial charge in [0, 0.05) is 6.92 Å². The summed E-state index contributed by atoms with van der Waals surface area (Å²) < 4.78 is 37.2. The molecule has 0 radical (unpaired) electrons. The largest absolute Gasteiger partial charge is 0.416 e. The van der Waals surface area contributed by atoms with Gasteiger partial charge in [0.2, 0.25) is 0 Å². The number of ketones is 1. The van der Waals surface area contributed by atoms with Crippen LogP contribution < -0.4 is 5.01 Å². The molecule has 1 aromatic carbocycles. The molecule has 0 atom stereocenters. The van der Waals surface area contributed by atoms with Crippen molar-refractivity contribution in [3.63, 3.8) is 0 Å². The van der Waals surface area contributed by atoms with E-state index in [0.29, 0.717) is 0 Å². The summed E-state index contributed by atoms with van der Waals surface area (Å²) in [6.45, 7) is 1.28. The predicted molar refractivity (Wildman–Crippen MR) is 61.7 cm³/mol. The highest BCUT2D eigenvalue weighted by atomic mass is 19.4. The Morgan fingerprint density at radius 2 is 1.84 bits per heavy atom. The molecule has 0 saturated heterocycles. The number of alkyl halides is 3. The smallest absolute Gasteiger partial charge is 0.293 e. The van der Waals surface area contributed by atoms with E-state index in [-0.39, 0.29) is 23.6 Å². The van der Waals surface area contributed by atoms with E-state index in [2.05, 4.69) is 5.10 Å². The first kappa shape index (κ1) is 13.3. The van der Waals surface area contributed by atoms with E-state index in [9.17, 15) is 22.8 Å². The Balaban J connectivity index is 2.28. The number of anilines is 1. The number of amides is 1. The molecule has 0 unspecified atom stereocenters. The van der Waals surface area contributed by atoms with Crippen LogP contribution in [-0.4, -0.2) is 17.4 Å². The van der Waals surface area contributed by atoms with E-state index in [1.165, 1.54) is 6.92 Å². The first-order valence-corrected chi connectivity index (χ1v) is 5.37. The van der Waals surface area contributed by atoms with E-state index < -0.39 is 17.6 Å². The number of carbonyl (C=O) groups is 2. The zero-order valence-electron chi connectivity index (χ0n) is 9.86. The fourth-order valence-electron chi connectivity index (χ4n) is 1.62. The Morgan fingerprint density at radius 3 is 2.26 bits per heavy atom. The molecule has 0 N–H and O–H groups in total. The van der Waals surface area contributed by atoms with Gasteiger partial charge in [0.15, 0.2) is 5.78 Å². The third-order valence-corrected chi connectivity index (χ3v) is 2.62. The normalized spacial score (nSPS) is 15.7. The lowest BCUT2D eigenvalue weighted by atomic mass is 10.2. The fraction of sp³-hybridized carbons (Fsp3) is 0.250. The minimum atomic E-state index is -4.43. The summed E-state index contributed by atoms with van der Waals surface area (Å²) >= 11 is 0. The fourth-order valence-corrected chi connectivity index (χ4v) is 1.62. The zero-order chi connectivity index (χ0) is 14.2. The molecule has 1 heterocycles. The van der Waals surface area contributed by atoms with Crippen LogP contribution in [0.3, 0.4) is 0 Å². The second-order valence-electron chi connectivity index (χ2n) is 4.03. The van der Waals surface area contributed by atoms with Gasteiger partial charge in [-0.15, -0.1) is 0 Å². The molecular weight excluding hydrogens is 261 g/mol. The highest BCUT2D eigenvalue weighted by Gasteiger charge is 2.31. The van der Waals surface area contributed by atoms with Gasteiger partial charge >= 0.3 is 6.18 Å². The van der Waals surface area contributed by atoms with Gasteiger partial charge in [0.1, 0.15) is 5.71 Å². The maximum atomic E-state index is 12.4.